The molecule has 2 atom stereocenters. The van der Waals surface area contributed by atoms with Crippen molar-refractivity contribution in [2.75, 3.05) is 12.9 Å². The largest absolute Gasteiger partial charge is 0.414 e. The van der Waals surface area contributed by atoms with E-state index in [0.29, 0.717) is 11.1 Å². The van der Waals surface area contributed by atoms with E-state index in [4.69, 9.17) is 8.61 Å². The second-order valence-corrected chi connectivity index (χ2v) is 16.6. The lowest BCUT2D eigenvalue weighted by molar-refractivity contribution is 0.0285. The number of nitrogens with zero attached hydrogens (tertiary/aromatic N) is 1. The van der Waals surface area contributed by atoms with Crippen LogP contribution >= 0.6 is 0 Å². The zero-order valence-corrected chi connectivity index (χ0v) is 22.4. The second kappa shape index (κ2) is 9.73. The van der Waals surface area contributed by atoms with Crippen LogP contribution in [0.2, 0.25) is 18.1 Å². The fourth-order valence-corrected chi connectivity index (χ4v) is 5.33. The second-order valence-electron chi connectivity index (χ2n) is 10.2. The van der Waals surface area contributed by atoms with Gasteiger partial charge in [-0.1, -0.05) is 63.2 Å². The summed E-state index contributed by atoms with van der Waals surface area (Å²) in [6.45, 7) is 10.3. The first kappa shape index (κ1) is 26.3. The van der Waals surface area contributed by atoms with Crippen molar-refractivity contribution in [2.24, 2.45) is 0 Å². The zero-order chi connectivity index (χ0) is 25.3. The van der Waals surface area contributed by atoms with E-state index in [-0.39, 0.29) is 18.1 Å². The molecule has 1 heterocycles. The Hall–Kier alpha value is -2.33. The van der Waals surface area contributed by atoms with Gasteiger partial charge in [0.25, 0.3) is 21.9 Å². The van der Waals surface area contributed by atoms with Gasteiger partial charge < -0.3 is 4.43 Å². The van der Waals surface area contributed by atoms with E-state index in [9.17, 15) is 18.0 Å². The van der Waals surface area contributed by atoms with Crippen molar-refractivity contribution in [3.8, 4) is 0 Å². The lowest BCUT2D eigenvalue weighted by atomic mass is 10.00. The van der Waals surface area contributed by atoms with Gasteiger partial charge in [-0.15, -0.1) is 0 Å². The summed E-state index contributed by atoms with van der Waals surface area (Å²) >= 11 is 0. The van der Waals surface area contributed by atoms with Crippen LogP contribution in [0, 0.1) is 0 Å². The van der Waals surface area contributed by atoms with Crippen molar-refractivity contribution in [1.82, 2.24) is 4.90 Å². The molecular formula is C25H33NO6SSi. The molecule has 0 fully saturated rings. The number of hydrogen-bond donors (Lipinski definition) is 0. The number of carbonyl (C=O) groups excluding carboxylic acids is 2. The maximum atomic E-state index is 13.3. The number of imide groups is 1. The molecule has 2 amide bonds. The van der Waals surface area contributed by atoms with E-state index in [2.05, 4.69) is 33.9 Å². The Morgan fingerprint density at radius 1 is 0.912 bits per heavy atom. The number of rotatable bonds is 9. The molecule has 0 radical (unpaired) electrons. The van der Waals surface area contributed by atoms with E-state index in [1.165, 1.54) is 0 Å². The van der Waals surface area contributed by atoms with Gasteiger partial charge in [-0.3, -0.25) is 18.7 Å². The summed E-state index contributed by atoms with van der Waals surface area (Å²) in [5.41, 5.74) is 1.45. The van der Waals surface area contributed by atoms with E-state index in [1.54, 1.807) is 24.3 Å². The molecular weight excluding hydrogens is 470 g/mol. The molecule has 7 nitrogen and oxygen atoms in total. The SMILES string of the molecule is CC(C)(C)[Si](C)(C)OC[C@@H](OS(C)(=O)=O)[C@H](Cc1ccccc1)N1C(=O)c2ccccc2C1=O. The lowest BCUT2D eigenvalue weighted by Gasteiger charge is -2.39. The predicted octanol–water partition coefficient (Wildman–Crippen LogP) is 4.26. The molecule has 0 N–H and O–H groups in total. The molecule has 2 aromatic carbocycles. The molecule has 0 spiro atoms. The maximum absolute atomic E-state index is 13.3. The molecule has 0 aromatic heterocycles. The van der Waals surface area contributed by atoms with Gasteiger partial charge in [0.05, 0.1) is 30.0 Å². The summed E-state index contributed by atoms with van der Waals surface area (Å²) < 4.78 is 36.4. The minimum absolute atomic E-state index is 0.0610. The first-order chi connectivity index (χ1) is 15.7. The third-order valence-electron chi connectivity index (χ3n) is 6.59. The maximum Gasteiger partial charge on any atom is 0.264 e. The van der Waals surface area contributed by atoms with Crippen LogP contribution in [0.5, 0.6) is 0 Å². The first-order valence-corrected chi connectivity index (χ1v) is 16.0. The summed E-state index contributed by atoms with van der Waals surface area (Å²) in [6.07, 6.45) is 0.133. The monoisotopic (exact) mass is 503 g/mol. The molecule has 184 valence electrons. The highest BCUT2D eigenvalue weighted by molar-refractivity contribution is 7.86. The van der Waals surface area contributed by atoms with Crippen LogP contribution in [0.25, 0.3) is 0 Å². The van der Waals surface area contributed by atoms with E-state index in [0.717, 1.165) is 16.7 Å². The van der Waals surface area contributed by atoms with E-state index >= 15 is 0 Å². The summed E-state index contributed by atoms with van der Waals surface area (Å²) in [4.78, 5) is 27.8. The lowest BCUT2D eigenvalue weighted by Crippen LogP contribution is -2.53. The van der Waals surface area contributed by atoms with Crippen LogP contribution in [-0.4, -0.2) is 58.5 Å². The number of amides is 2. The Bertz CT molecular complexity index is 1120. The van der Waals surface area contributed by atoms with Gasteiger partial charge >= 0.3 is 0 Å². The van der Waals surface area contributed by atoms with Crippen LogP contribution in [-0.2, 0) is 25.1 Å². The molecule has 9 heteroatoms. The van der Waals surface area contributed by atoms with Gasteiger partial charge in [-0.2, -0.15) is 8.42 Å². The summed E-state index contributed by atoms with van der Waals surface area (Å²) in [6, 6.07) is 15.0. The van der Waals surface area contributed by atoms with Crippen LogP contribution in [0.15, 0.2) is 54.6 Å². The van der Waals surface area contributed by atoms with Gasteiger partial charge in [-0.25, -0.2) is 0 Å². The molecule has 0 saturated heterocycles. The predicted molar refractivity (Wildman–Crippen MR) is 134 cm³/mol. The molecule has 3 rings (SSSR count). The van der Waals surface area contributed by atoms with Crippen molar-refractivity contribution in [3.05, 3.63) is 71.3 Å². The van der Waals surface area contributed by atoms with E-state index in [1.807, 2.05) is 30.3 Å². The highest BCUT2D eigenvalue weighted by Gasteiger charge is 2.45. The number of hydrogen-bond acceptors (Lipinski definition) is 6. The van der Waals surface area contributed by atoms with Gasteiger partial charge in [0.2, 0.25) is 0 Å². The third kappa shape index (κ3) is 5.83. The molecule has 1 aliphatic heterocycles. The number of carbonyl (C=O) groups is 2. The average molecular weight is 504 g/mol. The van der Waals surface area contributed by atoms with Crippen LogP contribution in [0.3, 0.4) is 0 Å². The summed E-state index contributed by atoms with van der Waals surface area (Å²) in [5, 5.41) is -0.118. The van der Waals surface area contributed by atoms with E-state index < -0.39 is 42.4 Å². The number of fused-ring (bicyclic) bond motifs is 1. The highest BCUT2D eigenvalue weighted by Crippen LogP contribution is 2.37. The Kier molecular flexibility index (Phi) is 7.52. The quantitative estimate of drug-likeness (QED) is 0.289. The van der Waals surface area contributed by atoms with Gasteiger partial charge in [0.1, 0.15) is 6.10 Å². The smallest absolute Gasteiger partial charge is 0.264 e. The van der Waals surface area contributed by atoms with Crippen molar-refractivity contribution >= 4 is 30.2 Å². The molecule has 0 saturated carbocycles. The standard InChI is InChI=1S/C25H33NO6SSi/c1-25(2,3)34(5,6)31-17-22(32-33(4,29)30)21(16-18-12-8-7-9-13-18)26-23(27)19-14-10-11-15-20(19)24(26)28/h7-15,21-22H,16-17H2,1-6H3/t21-,22+/m0/s1. The minimum Gasteiger partial charge on any atom is -0.414 e. The summed E-state index contributed by atoms with van der Waals surface area (Å²) in [7, 11) is -6.19. The Labute approximate surface area is 203 Å². The zero-order valence-electron chi connectivity index (χ0n) is 20.6. The van der Waals surface area contributed by atoms with Crippen LogP contribution < -0.4 is 0 Å². The molecule has 1 aliphatic rings. The average Bonchev–Trinajstić information content (AvgIpc) is 2.99. The molecule has 0 bridgehead atoms. The van der Waals surface area contributed by atoms with Crippen molar-refractivity contribution in [1.29, 1.82) is 0 Å². The molecule has 34 heavy (non-hydrogen) atoms. The van der Waals surface area contributed by atoms with Crippen molar-refractivity contribution < 1.29 is 26.6 Å². The minimum atomic E-state index is -3.91. The Morgan fingerprint density at radius 2 is 1.41 bits per heavy atom. The van der Waals surface area contributed by atoms with Crippen molar-refractivity contribution in [3.63, 3.8) is 0 Å². The molecule has 0 unspecified atom stereocenters. The fraction of sp³-hybridized carbons (Fsp3) is 0.440. The highest BCUT2D eigenvalue weighted by atomic mass is 32.2. The summed E-state index contributed by atoms with van der Waals surface area (Å²) in [5.74, 6) is -0.924. The van der Waals surface area contributed by atoms with Crippen LogP contribution in [0.1, 0.15) is 47.1 Å². The fourth-order valence-electron chi connectivity index (χ4n) is 3.69. The third-order valence-corrected chi connectivity index (χ3v) is 11.7. The molecule has 2 aromatic rings. The molecule has 0 aliphatic carbocycles. The Morgan fingerprint density at radius 3 is 1.88 bits per heavy atom. The number of benzene rings is 2. The Balaban J connectivity index is 2.04. The van der Waals surface area contributed by atoms with Gasteiger partial charge in [0.15, 0.2) is 8.32 Å². The van der Waals surface area contributed by atoms with Crippen LogP contribution in [0.4, 0.5) is 0 Å². The topological polar surface area (TPSA) is 90.0 Å². The van der Waals surface area contributed by atoms with Gasteiger partial charge in [-0.05, 0) is 42.2 Å². The van der Waals surface area contributed by atoms with Crippen molar-refractivity contribution in [2.45, 2.75) is 57.5 Å². The first-order valence-electron chi connectivity index (χ1n) is 11.2. The normalized spacial score (nSPS) is 16.5. The van der Waals surface area contributed by atoms with Gasteiger partial charge in [0, 0.05) is 0 Å².